The number of carbonyl (C=O) groups excluding carboxylic acids is 2. The molecule has 2 aromatic heterocycles. The number of carbonyl (C=O) groups is 2. The molecule has 19 heavy (non-hydrogen) atoms. The van der Waals surface area contributed by atoms with E-state index in [1.165, 1.54) is 29.7 Å². The van der Waals surface area contributed by atoms with Gasteiger partial charge in [-0.3, -0.25) is 20.4 Å². The fourth-order valence-electron chi connectivity index (χ4n) is 1.21. The highest BCUT2D eigenvalue weighted by molar-refractivity contribution is 7.12. The predicted octanol–water partition coefficient (Wildman–Crippen LogP) is 2.52. The number of thiophene rings is 1. The third-order valence-electron chi connectivity index (χ3n) is 2.10. The van der Waals surface area contributed by atoms with Crippen LogP contribution in [0.5, 0.6) is 0 Å². The van der Waals surface area contributed by atoms with Gasteiger partial charge in [-0.2, -0.15) is 0 Å². The molecule has 5 nitrogen and oxygen atoms in total. The lowest BCUT2D eigenvalue weighted by Crippen LogP contribution is -2.41. The van der Waals surface area contributed by atoms with Gasteiger partial charge in [-0.05, 0) is 23.6 Å². The quantitative estimate of drug-likeness (QED) is 0.661. The van der Waals surface area contributed by atoms with E-state index >= 15 is 0 Å². The Hall–Kier alpha value is -1.63. The first kappa shape index (κ1) is 13.8. The van der Waals surface area contributed by atoms with Gasteiger partial charge in [0.05, 0.1) is 10.6 Å². The molecule has 0 spiro atoms. The summed E-state index contributed by atoms with van der Waals surface area (Å²) in [4.78, 5) is 27.5. The van der Waals surface area contributed by atoms with Gasteiger partial charge in [0.2, 0.25) is 0 Å². The fourth-order valence-corrected chi connectivity index (χ4v) is 2.36. The van der Waals surface area contributed by atoms with E-state index in [-0.39, 0.29) is 10.7 Å². The maximum Gasteiger partial charge on any atom is 0.281 e. The maximum atomic E-state index is 11.7. The van der Waals surface area contributed by atoms with Crippen molar-refractivity contribution >= 4 is 46.4 Å². The molecule has 2 heterocycles. The molecule has 0 saturated heterocycles. The first-order valence-electron chi connectivity index (χ1n) is 5.03. The van der Waals surface area contributed by atoms with Crippen LogP contribution in [0.3, 0.4) is 0 Å². The van der Waals surface area contributed by atoms with Crippen molar-refractivity contribution in [3.8, 4) is 0 Å². The SMILES string of the molecule is O=C(NNC(=O)c1sccc1Cl)c1ccc(Cl)nc1. The van der Waals surface area contributed by atoms with E-state index in [2.05, 4.69) is 15.8 Å². The molecule has 0 aliphatic carbocycles. The number of amides is 2. The molecule has 2 amide bonds. The van der Waals surface area contributed by atoms with Gasteiger partial charge in [0.1, 0.15) is 10.0 Å². The van der Waals surface area contributed by atoms with Crippen LogP contribution in [0, 0.1) is 0 Å². The summed E-state index contributed by atoms with van der Waals surface area (Å²) in [5, 5.41) is 2.30. The molecular formula is C11H7Cl2N3O2S. The minimum absolute atomic E-state index is 0.280. The molecule has 2 rings (SSSR count). The van der Waals surface area contributed by atoms with E-state index < -0.39 is 11.8 Å². The summed E-state index contributed by atoms with van der Waals surface area (Å²) in [7, 11) is 0. The third-order valence-corrected chi connectivity index (χ3v) is 3.67. The molecule has 0 fully saturated rings. The number of nitrogens with one attached hydrogen (secondary N) is 2. The average Bonchev–Trinajstić information content (AvgIpc) is 2.83. The normalized spacial score (nSPS) is 10.0. The molecule has 0 aliphatic heterocycles. The average molecular weight is 316 g/mol. The van der Waals surface area contributed by atoms with Gasteiger partial charge in [0, 0.05) is 6.20 Å². The summed E-state index contributed by atoms with van der Waals surface area (Å²) in [6.45, 7) is 0. The lowest BCUT2D eigenvalue weighted by molar-refractivity contribution is 0.0848. The Morgan fingerprint density at radius 1 is 1.11 bits per heavy atom. The van der Waals surface area contributed by atoms with Crippen LogP contribution in [0.2, 0.25) is 10.2 Å². The zero-order valence-corrected chi connectivity index (χ0v) is 11.6. The number of pyridine rings is 1. The van der Waals surface area contributed by atoms with Crippen molar-refractivity contribution in [2.45, 2.75) is 0 Å². The van der Waals surface area contributed by atoms with Crippen LogP contribution >= 0.6 is 34.5 Å². The zero-order chi connectivity index (χ0) is 13.8. The maximum absolute atomic E-state index is 11.7. The number of aromatic nitrogens is 1. The number of halogens is 2. The van der Waals surface area contributed by atoms with Gasteiger partial charge < -0.3 is 0 Å². The molecule has 0 saturated carbocycles. The zero-order valence-electron chi connectivity index (χ0n) is 9.31. The van der Waals surface area contributed by atoms with Crippen molar-refractivity contribution in [2.75, 3.05) is 0 Å². The topological polar surface area (TPSA) is 71.1 Å². The second kappa shape index (κ2) is 6.01. The van der Waals surface area contributed by atoms with Crippen molar-refractivity contribution in [1.82, 2.24) is 15.8 Å². The molecule has 0 aliphatic rings. The highest BCUT2D eigenvalue weighted by Gasteiger charge is 2.13. The van der Waals surface area contributed by atoms with Gasteiger partial charge in [-0.15, -0.1) is 11.3 Å². The number of rotatable bonds is 2. The minimum atomic E-state index is -0.495. The lowest BCUT2D eigenvalue weighted by Gasteiger charge is -2.06. The summed E-state index contributed by atoms with van der Waals surface area (Å²) < 4.78 is 0. The summed E-state index contributed by atoms with van der Waals surface area (Å²) >= 11 is 12.6. The predicted molar refractivity (Wildman–Crippen MR) is 73.5 cm³/mol. The number of nitrogens with zero attached hydrogens (tertiary/aromatic N) is 1. The van der Waals surface area contributed by atoms with Crippen LogP contribution < -0.4 is 10.9 Å². The lowest BCUT2D eigenvalue weighted by atomic mass is 10.3. The molecule has 2 N–H and O–H groups in total. The van der Waals surface area contributed by atoms with Crippen LogP contribution in [0.1, 0.15) is 20.0 Å². The van der Waals surface area contributed by atoms with Crippen molar-refractivity contribution in [1.29, 1.82) is 0 Å². The van der Waals surface area contributed by atoms with Crippen LogP contribution in [0.25, 0.3) is 0 Å². The van der Waals surface area contributed by atoms with E-state index in [0.29, 0.717) is 9.90 Å². The van der Waals surface area contributed by atoms with Crippen molar-refractivity contribution in [3.05, 3.63) is 50.4 Å². The number of hydrazine groups is 1. The molecule has 0 radical (unpaired) electrons. The summed E-state index contributed by atoms with van der Waals surface area (Å²) in [5.41, 5.74) is 4.81. The van der Waals surface area contributed by atoms with Crippen LogP contribution in [0.15, 0.2) is 29.8 Å². The summed E-state index contributed by atoms with van der Waals surface area (Å²) in [6.07, 6.45) is 1.31. The third kappa shape index (κ3) is 3.44. The Labute approximate surface area is 122 Å². The summed E-state index contributed by atoms with van der Waals surface area (Å²) in [6, 6.07) is 4.58. The van der Waals surface area contributed by atoms with Crippen molar-refractivity contribution < 1.29 is 9.59 Å². The Kier molecular flexibility index (Phi) is 4.36. The van der Waals surface area contributed by atoms with Crippen LogP contribution in [-0.4, -0.2) is 16.8 Å². The summed E-state index contributed by atoms with van der Waals surface area (Å²) in [5.74, 6) is -0.972. The second-order valence-electron chi connectivity index (χ2n) is 3.38. The van der Waals surface area contributed by atoms with Crippen molar-refractivity contribution in [3.63, 3.8) is 0 Å². The molecular weight excluding hydrogens is 309 g/mol. The highest BCUT2D eigenvalue weighted by atomic mass is 35.5. The van der Waals surface area contributed by atoms with E-state index in [1.807, 2.05) is 0 Å². The molecule has 0 atom stereocenters. The van der Waals surface area contributed by atoms with Gasteiger partial charge in [-0.1, -0.05) is 23.2 Å². The highest BCUT2D eigenvalue weighted by Crippen LogP contribution is 2.21. The monoisotopic (exact) mass is 315 g/mol. The Balaban J connectivity index is 1.96. The Bertz CT molecular complexity index is 613. The first-order valence-corrected chi connectivity index (χ1v) is 6.66. The fraction of sp³-hybridized carbons (Fsp3) is 0. The van der Waals surface area contributed by atoms with Gasteiger partial charge >= 0.3 is 0 Å². The minimum Gasteiger partial charge on any atom is -0.267 e. The molecule has 98 valence electrons. The van der Waals surface area contributed by atoms with Crippen molar-refractivity contribution in [2.24, 2.45) is 0 Å². The second-order valence-corrected chi connectivity index (χ2v) is 5.09. The standard InChI is InChI=1S/C11H7Cl2N3O2S/c12-7-3-4-19-9(7)11(18)16-15-10(17)6-1-2-8(13)14-5-6/h1-5H,(H,15,17)(H,16,18). The first-order chi connectivity index (χ1) is 9.08. The molecule has 0 bridgehead atoms. The van der Waals surface area contributed by atoms with Gasteiger partial charge in [0.25, 0.3) is 11.8 Å². The smallest absolute Gasteiger partial charge is 0.267 e. The van der Waals surface area contributed by atoms with Gasteiger partial charge in [-0.25, -0.2) is 4.98 Å². The largest absolute Gasteiger partial charge is 0.281 e. The molecule has 0 unspecified atom stereocenters. The molecule has 0 aromatic carbocycles. The van der Waals surface area contributed by atoms with Crippen LogP contribution in [0.4, 0.5) is 0 Å². The molecule has 2 aromatic rings. The molecule has 8 heteroatoms. The van der Waals surface area contributed by atoms with Gasteiger partial charge in [0.15, 0.2) is 0 Å². The van der Waals surface area contributed by atoms with E-state index in [9.17, 15) is 9.59 Å². The van der Waals surface area contributed by atoms with E-state index in [1.54, 1.807) is 11.4 Å². The Morgan fingerprint density at radius 2 is 1.84 bits per heavy atom. The van der Waals surface area contributed by atoms with E-state index in [0.717, 1.165) is 0 Å². The number of hydrogen-bond acceptors (Lipinski definition) is 4. The van der Waals surface area contributed by atoms with Crippen LogP contribution in [-0.2, 0) is 0 Å². The Morgan fingerprint density at radius 3 is 2.42 bits per heavy atom. The van der Waals surface area contributed by atoms with E-state index in [4.69, 9.17) is 23.2 Å². The number of hydrogen-bond donors (Lipinski definition) is 2.